The fraction of sp³-hybridized carbons (Fsp3) is 0.333. The molecule has 0 aliphatic heterocycles. The lowest BCUT2D eigenvalue weighted by atomic mass is 10.1. The lowest BCUT2D eigenvalue weighted by molar-refractivity contribution is 0.719. The van der Waals surface area contributed by atoms with Crippen molar-refractivity contribution in [1.29, 1.82) is 0 Å². The minimum absolute atomic E-state index is 0.923. The van der Waals surface area contributed by atoms with Crippen molar-refractivity contribution in [3.8, 4) is 0 Å². The quantitative estimate of drug-likeness (QED) is 0.777. The Morgan fingerprint density at radius 2 is 2.18 bits per heavy atom. The second-order valence-electron chi connectivity index (χ2n) is 4.64. The van der Waals surface area contributed by atoms with E-state index in [1.54, 1.807) is 0 Å². The van der Waals surface area contributed by atoms with E-state index in [2.05, 4.69) is 53.8 Å². The van der Waals surface area contributed by atoms with Crippen LogP contribution < -0.4 is 5.32 Å². The summed E-state index contributed by atoms with van der Waals surface area (Å²) < 4.78 is 2.30. The summed E-state index contributed by atoms with van der Waals surface area (Å²) in [5, 5.41) is 4.50. The van der Waals surface area contributed by atoms with Crippen LogP contribution in [0.4, 0.5) is 0 Å². The molecule has 0 saturated heterocycles. The third kappa shape index (κ3) is 2.77. The van der Waals surface area contributed by atoms with Crippen molar-refractivity contribution in [2.75, 3.05) is 7.05 Å². The van der Waals surface area contributed by atoms with Gasteiger partial charge in [0.25, 0.3) is 0 Å². The minimum atomic E-state index is 0.923. The van der Waals surface area contributed by atoms with Crippen LogP contribution in [0, 0.1) is 0 Å². The van der Waals surface area contributed by atoms with Gasteiger partial charge in [-0.2, -0.15) is 0 Å². The van der Waals surface area contributed by atoms with Crippen LogP contribution in [-0.4, -0.2) is 11.6 Å². The Balaban J connectivity index is 2.25. The Labute approximate surface area is 103 Å². The van der Waals surface area contributed by atoms with Crippen LogP contribution >= 0.6 is 0 Å². The van der Waals surface area contributed by atoms with Gasteiger partial charge in [0, 0.05) is 24.8 Å². The molecule has 0 fully saturated rings. The first kappa shape index (κ1) is 11.9. The largest absolute Gasteiger partial charge is 0.347 e. The topological polar surface area (TPSA) is 17.0 Å². The average Bonchev–Trinajstić information content (AvgIpc) is 2.69. The number of aryl methyl sites for hydroxylation is 1. The van der Waals surface area contributed by atoms with Gasteiger partial charge in [-0.25, -0.2) is 0 Å². The van der Waals surface area contributed by atoms with Gasteiger partial charge < -0.3 is 9.88 Å². The normalized spacial score (nSPS) is 10.9. The standard InChI is InChI=1S/C15H20N2/c1-12(2)6-8-17-9-7-14-10-13(11-16-3)4-5-15(14)17/h4-5,7,9-10,16H,1,6,8,11H2,2-3H3. The molecular weight excluding hydrogens is 208 g/mol. The van der Waals surface area contributed by atoms with Gasteiger partial charge in [0.1, 0.15) is 0 Å². The van der Waals surface area contributed by atoms with Crippen molar-refractivity contribution in [2.45, 2.75) is 26.4 Å². The molecule has 1 heterocycles. The Kier molecular flexibility index (Phi) is 3.64. The van der Waals surface area contributed by atoms with E-state index in [4.69, 9.17) is 0 Å². The van der Waals surface area contributed by atoms with Crippen LogP contribution in [0.2, 0.25) is 0 Å². The summed E-state index contributed by atoms with van der Waals surface area (Å²) in [6.45, 7) is 7.97. The summed E-state index contributed by atoms with van der Waals surface area (Å²) in [7, 11) is 1.97. The number of nitrogens with one attached hydrogen (secondary N) is 1. The number of nitrogens with zero attached hydrogens (tertiary/aromatic N) is 1. The van der Waals surface area contributed by atoms with Crippen molar-refractivity contribution in [3.63, 3.8) is 0 Å². The lowest BCUT2D eigenvalue weighted by Gasteiger charge is -2.06. The predicted octanol–water partition coefficient (Wildman–Crippen LogP) is 3.33. The summed E-state index contributed by atoms with van der Waals surface area (Å²) in [6, 6.07) is 8.84. The molecule has 2 heteroatoms. The van der Waals surface area contributed by atoms with Crippen LogP contribution in [0.3, 0.4) is 0 Å². The predicted molar refractivity (Wildman–Crippen MR) is 74.1 cm³/mol. The first-order chi connectivity index (χ1) is 8.20. The third-order valence-electron chi connectivity index (χ3n) is 3.00. The van der Waals surface area contributed by atoms with Crippen molar-refractivity contribution in [1.82, 2.24) is 9.88 Å². The summed E-state index contributed by atoms with van der Waals surface area (Å²) in [5.41, 5.74) is 3.88. The molecule has 0 amide bonds. The van der Waals surface area contributed by atoms with Gasteiger partial charge in [-0.15, -0.1) is 6.58 Å². The Bertz CT molecular complexity index is 523. The maximum atomic E-state index is 3.95. The van der Waals surface area contributed by atoms with E-state index in [-0.39, 0.29) is 0 Å². The highest BCUT2D eigenvalue weighted by molar-refractivity contribution is 5.80. The van der Waals surface area contributed by atoms with Gasteiger partial charge in [-0.05, 0) is 49.5 Å². The number of rotatable bonds is 5. The van der Waals surface area contributed by atoms with Gasteiger partial charge in [0.2, 0.25) is 0 Å². The second kappa shape index (κ2) is 5.19. The fourth-order valence-electron chi connectivity index (χ4n) is 2.07. The number of hydrogen-bond acceptors (Lipinski definition) is 1. The number of allylic oxidation sites excluding steroid dienone is 1. The molecular formula is C15H20N2. The van der Waals surface area contributed by atoms with E-state index in [0.717, 1.165) is 19.5 Å². The van der Waals surface area contributed by atoms with Crippen molar-refractivity contribution in [2.24, 2.45) is 0 Å². The number of benzene rings is 1. The fourth-order valence-corrected chi connectivity index (χ4v) is 2.07. The van der Waals surface area contributed by atoms with Crippen LogP contribution in [-0.2, 0) is 13.1 Å². The van der Waals surface area contributed by atoms with Gasteiger partial charge in [0.15, 0.2) is 0 Å². The molecule has 0 saturated carbocycles. The van der Waals surface area contributed by atoms with Crippen LogP contribution in [0.15, 0.2) is 42.6 Å². The van der Waals surface area contributed by atoms with Crippen LogP contribution in [0.1, 0.15) is 18.9 Å². The maximum Gasteiger partial charge on any atom is 0.0480 e. The number of aromatic nitrogens is 1. The first-order valence-corrected chi connectivity index (χ1v) is 6.07. The third-order valence-corrected chi connectivity index (χ3v) is 3.00. The molecule has 2 aromatic rings. The molecule has 0 radical (unpaired) electrons. The van der Waals surface area contributed by atoms with Gasteiger partial charge >= 0.3 is 0 Å². The molecule has 2 rings (SSSR count). The van der Waals surface area contributed by atoms with E-state index in [0.29, 0.717) is 0 Å². The lowest BCUT2D eigenvalue weighted by Crippen LogP contribution is -2.04. The van der Waals surface area contributed by atoms with Gasteiger partial charge in [-0.3, -0.25) is 0 Å². The highest BCUT2D eigenvalue weighted by atomic mass is 14.9. The van der Waals surface area contributed by atoms with Crippen molar-refractivity contribution in [3.05, 3.63) is 48.2 Å². The molecule has 0 bridgehead atoms. The monoisotopic (exact) mass is 228 g/mol. The van der Waals surface area contributed by atoms with Gasteiger partial charge in [0.05, 0.1) is 0 Å². The summed E-state index contributed by atoms with van der Waals surface area (Å²) in [5.74, 6) is 0. The zero-order valence-corrected chi connectivity index (χ0v) is 10.7. The summed E-state index contributed by atoms with van der Waals surface area (Å²) in [4.78, 5) is 0. The van der Waals surface area contributed by atoms with E-state index < -0.39 is 0 Å². The Hall–Kier alpha value is -1.54. The smallest absolute Gasteiger partial charge is 0.0480 e. The van der Waals surface area contributed by atoms with Crippen LogP contribution in [0.25, 0.3) is 10.9 Å². The molecule has 90 valence electrons. The summed E-state index contributed by atoms with van der Waals surface area (Å²) >= 11 is 0. The van der Waals surface area contributed by atoms with E-state index in [1.165, 1.54) is 22.0 Å². The molecule has 2 nitrogen and oxygen atoms in total. The molecule has 0 aliphatic carbocycles. The maximum absolute atomic E-state index is 3.95. The molecule has 0 unspecified atom stereocenters. The van der Waals surface area contributed by atoms with E-state index in [9.17, 15) is 0 Å². The van der Waals surface area contributed by atoms with E-state index >= 15 is 0 Å². The number of hydrogen-bond donors (Lipinski definition) is 1. The van der Waals surface area contributed by atoms with Crippen molar-refractivity contribution >= 4 is 10.9 Å². The van der Waals surface area contributed by atoms with Crippen LogP contribution in [0.5, 0.6) is 0 Å². The number of fused-ring (bicyclic) bond motifs is 1. The SMILES string of the molecule is C=C(C)CCn1ccc2cc(CNC)ccc21. The molecule has 1 N–H and O–H groups in total. The molecule has 0 atom stereocenters. The zero-order valence-electron chi connectivity index (χ0n) is 10.7. The molecule has 0 spiro atoms. The zero-order chi connectivity index (χ0) is 12.3. The van der Waals surface area contributed by atoms with Gasteiger partial charge in [-0.1, -0.05) is 11.6 Å². The molecule has 1 aromatic heterocycles. The van der Waals surface area contributed by atoms with Crippen molar-refractivity contribution < 1.29 is 0 Å². The average molecular weight is 228 g/mol. The minimum Gasteiger partial charge on any atom is -0.347 e. The first-order valence-electron chi connectivity index (χ1n) is 6.07. The Morgan fingerprint density at radius 1 is 1.35 bits per heavy atom. The highest BCUT2D eigenvalue weighted by Gasteiger charge is 2.01. The summed E-state index contributed by atoms with van der Waals surface area (Å²) in [6.07, 6.45) is 3.21. The molecule has 0 aliphatic rings. The van der Waals surface area contributed by atoms with E-state index in [1.807, 2.05) is 7.05 Å². The molecule has 1 aromatic carbocycles. The Morgan fingerprint density at radius 3 is 2.88 bits per heavy atom. The highest BCUT2D eigenvalue weighted by Crippen LogP contribution is 2.18. The second-order valence-corrected chi connectivity index (χ2v) is 4.64. The molecule has 17 heavy (non-hydrogen) atoms.